The van der Waals surface area contributed by atoms with Crippen LogP contribution in [0.4, 0.5) is 0 Å². The Kier molecular flexibility index (Phi) is 4.75. The zero-order chi connectivity index (χ0) is 17.3. The summed E-state index contributed by atoms with van der Waals surface area (Å²) in [6, 6.07) is 5.66. The van der Waals surface area contributed by atoms with Crippen LogP contribution < -0.4 is 4.72 Å². The average molecular weight is 368 g/mol. The topological polar surface area (TPSA) is 84.3 Å². The molecule has 0 bridgehead atoms. The number of aryl methyl sites for hydroxylation is 1. The van der Waals surface area contributed by atoms with Crippen LogP contribution >= 0.6 is 11.3 Å². The largest absolute Gasteiger partial charge is 0.330 e. The van der Waals surface area contributed by atoms with Crippen LogP contribution in [0, 0.1) is 6.92 Å². The van der Waals surface area contributed by atoms with E-state index in [1.165, 1.54) is 11.3 Å². The standard InChI is InChI=1S/C15H20N4O3S2/c1-11-3-4-14(23-11)15(20)18-9-12-5-7-16-19(12)13(10-18)6-8-17-24(2,21)22/h3-5,7,13,17H,6,8-10H2,1-2H3/t13-/m1/s1. The van der Waals surface area contributed by atoms with Crippen molar-refractivity contribution in [3.05, 3.63) is 39.8 Å². The van der Waals surface area contributed by atoms with Gasteiger partial charge in [-0.2, -0.15) is 5.10 Å². The van der Waals surface area contributed by atoms with Crippen LogP contribution in [0.2, 0.25) is 0 Å². The number of carbonyl (C=O) groups excluding carboxylic acids is 1. The van der Waals surface area contributed by atoms with Crippen molar-refractivity contribution in [3.8, 4) is 0 Å². The van der Waals surface area contributed by atoms with Gasteiger partial charge in [-0.25, -0.2) is 13.1 Å². The van der Waals surface area contributed by atoms with E-state index in [0.717, 1.165) is 21.7 Å². The van der Waals surface area contributed by atoms with E-state index in [9.17, 15) is 13.2 Å². The molecule has 0 aromatic carbocycles. The molecule has 1 aliphatic rings. The van der Waals surface area contributed by atoms with Gasteiger partial charge in [0, 0.05) is 24.2 Å². The molecule has 9 heteroatoms. The number of fused-ring (bicyclic) bond motifs is 1. The lowest BCUT2D eigenvalue weighted by Gasteiger charge is -2.33. The van der Waals surface area contributed by atoms with E-state index in [4.69, 9.17) is 0 Å². The maximum absolute atomic E-state index is 12.7. The number of nitrogens with zero attached hydrogens (tertiary/aromatic N) is 3. The number of hydrogen-bond donors (Lipinski definition) is 1. The molecule has 0 fully saturated rings. The predicted octanol–water partition coefficient (Wildman–Crippen LogP) is 1.39. The van der Waals surface area contributed by atoms with E-state index in [1.807, 2.05) is 34.7 Å². The molecular formula is C15H20N4O3S2. The van der Waals surface area contributed by atoms with Crippen molar-refractivity contribution in [2.45, 2.75) is 25.9 Å². The van der Waals surface area contributed by atoms with Crippen LogP contribution in [-0.2, 0) is 16.6 Å². The minimum Gasteiger partial charge on any atom is -0.330 e. The molecule has 1 amide bonds. The Hall–Kier alpha value is -1.71. The van der Waals surface area contributed by atoms with Gasteiger partial charge in [0.2, 0.25) is 10.0 Å². The number of hydrogen-bond acceptors (Lipinski definition) is 5. The molecule has 0 unspecified atom stereocenters. The fourth-order valence-electron chi connectivity index (χ4n) is 2.87. The highest BCUT2D eigenvalue weighted by atomic mass is 32.2. The van der Waals surface area contributed by atoms with Gasteiger partial charge in [0.25, 0.3) is 5.91 Å². The summed E-state index contributed by atoms with van der Waals surface area (Å²) >= 11 is 1.49. The Morgan fingerprint density at radius 2 is 2.21 bits per heavy atom. The molecule has 0 radical (unpaired) electrons. The highest BCUT2D eigenvalue weighted by Crippen LogP contribution is 2.26. The van der Waals surface area contributed by atoms with Gasteiger partial charge in [0.15, 0.2) is 0 Å². The highest BCUT2D eigenvalue weighted by Gasteiger charge is 2.29. The normalized spacial score (nSPS) is 17.8. The van der Waals surface area contributed by atoms with Gasteiger partial charge in [-0.05, 0) is 31.5 Å². The second-order valence-corrected chi connectivity index (χ2v) is 9.09. The number of carbonyl (C=O) groups is 1. The fourth-order valence-corrected chi connectivity index (χ4v) is 4.20. The summed E-state index contributed by atoms with van der Waals surface area (Å²) in [5, 5.41) is 4.33. The third kappa shape index (κ3) is 3.85. The van der Waals surface area contributed by atoms with Crippen molar-refractivity contribution >= 4 is 27.3 Å². The Labute approximate surface area is 145 Å². The smallest absolute Gasteiger partial charge is 0.264 e. The van der Waals surface area contributed by atoms with Gasteiger partial charge in [0.05, 0.1) is 29.4 Å². The molecule has 0 saturated carbocycles. The van der Waals surface area contributed by atoms with Gasteiger partial charge in [-0.15, -0.1) is 11.3 Å². The van der Waals surface area contributed by atoms with Crippen LogP contribution in [0.25, 0.3) is 0 Å². The monoisotopic (exact) mass is 368 g/mol. The zero-order valence-corrected chi connectivity index (χ0v) is 15.2. The molecule has 24 heavy (non-hydrogen) atoms. The van der Waals surface area contributed by atoms with E-state index < -0.39 is 10.0 Å². The number of nitrogens with one attached hydrogen (secondary N) is 1. The lowest BCUT2D eigenvalue weighted by atomic mass is 10.1. The maximum atomic E-state index is 12.7. The van der Waals surface area contributed by atoms with Crippen LogP contribution in [0.5, 0.6) is 0 Å². The van der Waals surface area contributed by atoms with Crippen LogP contribution in [-0.4, -0.2) is 48.4 Å². The van der Waals surface area contributed by atoms with E-state index in [1.54, 1.807) is 6.20 Å². The zero-order valence-electron chi connectivity index (χ0n) is 13.6. The van der Waals surface area contributed by atoms with Crippen molar-refractivity contribution in [3.63, 3.8) is 0 Å². The molecule has 130 valence electrons. The SMILES string of the molecule is Cc1ccc(C(=O)N2Cc3ccnn3[C@H](CCNS(C)(=O)=O)C2)s1. The Morgan fingerprint density at radius 3 is 2.88 bits per heavy atom. The van der Waals surface area contributed by atoms with Crippen LogP contribution in [0.3, 0.4) is 0 Å². The van der Waals surface area contributed by atoms with Crippen LogP contribution in [0.1, 0.15) is 32.7 Å². The third-order valence-electron chi connectivity index (χ3n) is 3.96. The molecule has 1 aliphatic heterocycles. The molecule has 0 spiro atoms. The number of sulfonamides is 1. The van der Waals surface area contributed by atoms with Crippen molar-refractivity contribution in [1.82, 2.24) is 19.4 Å². The summed E-state index contributed by atoms with van der Waals surface area (Å²) in [5.41, 5.74) is 0.965. The molecular weight excluding hydrogens is 348 g/mol. The number of rotatable bonds is 5. The van der Waals surface area contributed by atoms with Crippen molar-refractivity contribution < 1.29 is 13.2 Å². The van der Waals surface area contributed by atoms with Gasteiger partial charge < -0.3 is 4.90 Å². The number of thiophene rings is 1. The van der Waals surface area contributed by atoms with Crippen molar-refractivity contribution in [1.29, 1.82) is 0 Å². The maximum Gasteiger partial charge on any atom is 0.264 e. The molecule has 0 aliphatic carbocycles. The van der Waals surface area contributed by atoms with E-state index in [0.29, 0.717) is 26.1 Å². The summed E-state index contributed by atoms with van der Waals surface area (Å²) in [6.07, 6.45) is 3.44. The minimum absolute atomic E-state index is 0.0154. The van der Waals surface area contributed by atoms with Gasteiger partial charge in [-0.1, -0.05) is 0 Å². The number of amides is 1. The molecule has 1 atom stereocenters. The van der Waals surface area contributed by atoms with Crippen molar-refractivity contribution in [2.75, 3.05) is 19.3 Å². The van der Waals surface area contributed by atoms with Gasteiger partial charge in [-0.3, -0.25) is 9.48 Å². The summed E-state index contributed by atoms with van der Waals surface area (Å²) in [4.78, 5) is 16.4. The lowest BCUT2D eigenvalue weighted by molar-refractivity contribution is 0.0669. The molecule has 2 aromatic heterocycles. The fraction of sp³-hybridized carbons (Fsp3) is 0.467. The first-order valence-corrected chi connectivity index (χ1v) is 10.4. The van der Waals surface area contributed by atoms with Crippen molar-refractivity contribution in [2.24, 2.45) is 0 Å². The highest BCUT2D eigenvalue weighted by molar-refractivity contribution is 7.88. The molecule has 1 N–H and O–H groups in total. The molecule has 2 aromatic rings. The van der Waals surface area contributed by atoms with Gasteiger partial charge >= 0.3 is 0 Å². The molecule has 7 nitrogen and oxygen atoms in total. The summed E-state index contributed by atoms with van der Waals surface area (Å²) in [6.45, 7) is 3.34. The molecule has 3 rings (SSSR count). The van der Waals surface area contributed by atoms with E-state index >= 15 is 0 Å². The van der Waals surface area contributed by atoms with E-state index in [-0.39, 0.29) is 11.9 Å². The van der Waals surface area contributed by atoms with Gasteiger partial charge in [0.1, 0.15) is 0 Å². The summed E-state index contributed by atoms with van der Waals surface area (Å²) < 4.78 is 26.9. The number of aromatic nitrogens is 2. The third-order valence-corrected chi connectivity index (χ3v) is 5.68. The summed E-state index contributed by atoms with van der Waals surface area (Å²) in [5.74, 6) is 0.0154. The Balaban J connectivity index is 1.74. The van der Waals surface area contributed by atoms with Crippen LogP contribution in [0.15, 0.2) is 24.4 Å². The second-order valence-electron chi connectivity index (χ2n) is 5.97. The first kappa shape index (κ1) is 17.1. The first-order valence-electron chi connectivity index (χ1n) is 7.66. The second kappa shape index (κ2) is 6.66. The lowest BCUT2D eigenvalue weighted by Crippen LogP contribution is -2.42. The Morgan fingerprint density at radius 1 is 1.42 bits per heavy atom. The quantitative estimate of drug-likeness (QED) is 0.864. The summed E-state index contributed by atoms with van der Waals surface area (Å²) in [7, 11) is -3.22. The molecule has 3 heterocycles. The molecule has 0 saturated heterocycles. The minimum atomic E-state index is -3.22. The Bertz CT molecular complexity index is 841. The predicted molar refractivity (Wildman–Crippen MR) is 92.5 cm³/mol. The average Bonchev–Trinajstić information content (AvgIpc) is 3.13. The van der Waals surface area contributed by atoms with E-state index in [2.05, 4.69) is 9.82 Å². The first-order chi connectivity index (χ1) is 11.3.